The van der Waals surface area contributed by atoms with Crippen LogP contribution in [0.15, 0.2) is 0 Å². The third kappa shape index (κ3) is 0.634. The van der Waals surface area contributed by atoms with Crippen molar-refractivity contribution in [2.45, 2.75) is 13.2 Å². The minimum absolute atomic E-state index is 0.116. The second kappa shape index (κ2) is 1.70. The Labute approximate surface area is 55.1 Å². The van der Waals surface area contributed by atoms with Gasteiger partial charge in [0.25, 0.3) is 0 Å². The highest BCUT2D eigenvalue weighted by Gasteiger charge is 2.56. The van der Waals surface area contributed by atoms with E-state index in [0.29, 0.717) is 0 Å². The normalized spacial score (nSPS) is 55.3. The predicted molar refractivity (Wildman–Crippen MR) is 32.9 cm³/mol. The maximum Gasteiger partial charge on any atom is 0.160 e. The molecule has 0 aromatic heterocycles. The average Bonchev–Trinajstić information content (AvgIpc) is 2.41. The van der Waals surface area contributed by atoms with Crippen molar-refractivity contribution in [2.75, 3.05) is 13.7 Å². The van der Waals surface area contributed by atoms with E-state index >= 15 is 0 Å². The average molecular weight is 128 g/mol. The Kier molecular flexibility index (Phi) is 1.08. The van der Waals surface area contributed by atoms with Crippen LogP contribution in [-0.2, 0) is 9.47 Å². The molecule has 2 rings (SSSR count). The fourth-order valence-corrected chi connectivity index (χ4v) is 1.83. The molecule has 1 saturated heterocycles. The van der Waals surface area contributed by atoms with Crippen LogP contribution in [0.25, 0.3) is 0 Å². The van der Waals surface area contributed by atoms with Crippen LogP contribution in [0, 0.1) is 17.8 Å². The quantitative estimate of drug-likeness (QED) is 0.521. The molecule has 2 fully saturated rings. The molecule has 1 aliphatic heterocycles. The minimum Gasteiger partial charge on any atom is -0.356 e. The lowest BCUT2D eigenvalue weighted by atomic mass is 10.3. The van der Waals surface area contributed by atoms with Crippen molar-refractivity contribution >= 4 is 0 Å². The van der Waals surface area contributed by atoms with Crippen LogP contribution in [0.4, 0.5) is 0 Å². The van der Waals surface area contributed by atoms with E-state index in [0.717, 1.165) is 24.4 Å². The van der Waals surface area contributed by atoms with Crippen molar-refractivity contribution < 1.29 is 9.47 Å². The highest BCUT2D eigenvalue weighted by atomic mass is 16.7. The molecule has 0 aromatic carbocycles. The van der Waals surface area contributed by atoms with Crippen LogP contribution >= 0.6 is 0 Å². The van der Waals surface area contributed by atoms with Gasteiger partial charge in [-0.3, -0.25) is 0 Å². The zero-order valence-electron chi connectivity index (χ0n) is 5.83. The monoisotopic (exact) mass is 128 g/mol. The van der Waals surface area contributed by atoms with Crippen molar-refractivity contribution in [3.8, 4) is 0 Å². The van der Waals surface area contributed by atoms with Gasteiger partial charge in [-0.15, -0.1) is 0 Å². The molecular formula is C7H12O2. The van der Waals surface area contributed by atoms with Gasteiger partial charge in [-0.2, -0.15) is 0 Å². The second-order valence-corrected chi connectivity index (χ2v) is 3.04. The first-order valence-electron chi connectivity index (χ1n) is 3.49. The molecule has 1 aliphatic carbocycles. The van der Waals surface area contributed by atoms with E-state index in [1.54, 1.807) is 7.11 Å². The Morgan fingerprint density at radius 1 is 1.56 bits per heavy atom. The minimum atomic E-state index is 0.116. The van der Waals surface area contributed by atoms with Crippen molar-refractivity contribution in [3.63, 3.8) is 0 Å². The van der Waals surface area contributed by atoms with Gasteiger partial charge in [-0.05, 0) is 11.8 Å². The van der Waals surface area contributed by atoms with Gasteiger partial charge >= 0.3 is 0 Å². The molecule has 0 N–H and O–H groups in total. The van der Waals surface area contributed by atoms with Crippen LogP contribution in [0.1, 0.15) is 6.92 Å². The van der Waals surface area contributed by atoms with Crippen LogP contribution in [-0.4, -0.2) is 20.0 Å². The molecule has 4 atom stereocenters. The summed E-state index contributed by atoms with van der Waals surface area (Å²) in [5, 5.41) is 0. The van der Waals surface area contributed by atoms with Gasteiger partial charge in [0.2, 0.25) is 0 Å². The van der Waals surface area contributed by atoms with Gasteiger partial charge in [-0.25, -0.2) is 0 Å². The summed E-state index contributed by atoms with van der Waals surface area (Å²) in [4.78, 5) is 0. The van der Waals surface area contributed by atoms with Crippen molar-refractivity contribution in [3.05, 3.63) is 0 Å². The van der Waals surface area contributed by atoms with E-state index in [9.17, 15) is 0 Å². The summed E-state index contributed by atoms with van der Waals surface area (Å²) >= 11 is 0. The summed E-state index contributed by atoms with van der Waals surface area (Å²) in [6.07, 6.45) is 0.116. The summed E-state index contributed by atoms with van der Waals surface area (Å²) in [6, 6.07) is 0. The van der Waals surface area contributed by atoms with Gasteiger partial charge in [-0.1, -0.05) is 6.92 Å². The van der Waals surface area contributed by atoms with E-state index in [1.807, 2.05) is 0 Å². The van der Waals surface area contributed by atoms with E-state index in [4.69, 9.17) is 9.47 Å². The third-order valence-corrected chi connectivity index (χ3v) is 2.64. The standard InChI is InChI=1S/C7H12O2/c1-4-5-3-9-7(8-2)6(4)5/h4-7H,3H2,1-2H3/t4-,5+,6-,7?/m0/s1. The number of hydrogen-bond donors (Lipinski definition) is 0. The fourth-order valence-electron chi connectivity index (χ4n) is 1.83. The molecule has 2 heteroatoms. The number of fused-ring (bicyclic) bond motifs is 1. The largest absolute Gasteiger partial charge is 0.356 e. The van der Waals surface area contributed by atoms with Crippen molar-refractivity contribution in [1.82, 2.24) is 0 Å². The Morgan fingerprint density at radius 2 is 2.33 bits per heavy atom. The molecule has 0 amide bonds. The zero-order valence-corrected chi connectivity index (χ0v) is 5.83. The van der Waals surface area contributed by atoms with Gasteiger partial charge in [0.05, 0.1) is 6.61 Å². The van der Waals surface area contributed by atoms with Crippen LogP contribution in [0.2, 0.25) is 0 Å². The summed E-state index contributed by atoms with van der Waals surface area (Å²) in [7, 11) is 1.72. The van der Waals surface area contributed by atoms with Gasteiger partial charge < -0.3 is 9.47 Å². The molecule has 0 spiro atoms. The Hall–Kier alpha value is -0.0800. The van der Waals surface area contributed by atoms with Crippen LogP contribution in [0.3, 0.4) is 0 Å². The van der Waals surface area contributed by atoms with Crippen LogP contribution < -0.4 is 0 Å². The lowest BCUT2D eigenvalue weighted by Gasteiger charge is -2.10. The molecular weight excluding hydrogens is 116 g/mol. The van der Waals surface area contributed by atoms with Crippen molar-refractivity contribution in [1.29, 1.82) is 0 Å². The molecule has 0 aromatic rings. The van der Waals surface area contributed by atoms with Gasteiger partial charge in [0.15, 0.2) is 6.29 Å². The topological polar surface area (TPSA) is 18.5 Å². The molecule has 2 aliphatic rings. The predicted octanol–water partition coefficient (Wildman–Crippen LogP) is 0.871. The number of rotatable bonds is 1. The molecule has 0 radical (unpaired) electrons. The highest BCUT2D eigenvalue weighted by Crippen LogP contribution is 2.53. The fraction of sp³-hybridized carbons (Fsp3) is 1.00. The van der Waals surface area contributed by atoms with Gasteiger partial charge in [0.1, 0.15) is 0 Å². The summed E-state index contributed by atoms with van der Waals surface area (Å²) in [5.74, 6) is 2.38. The third-order valence-electron chi connectivity index (χ3n) is 2.64. The molecule has 1 heterocycles. The Bertz CT molecular complexity index is 124. The van der Waals surface area contributed by atoms with E-state index in [1.165, 1.54) is 0 Å². The van der Waals surface area contributed by atoms with E-state index < -0.39 is 0 Å². The first-order chi connectivity index (χ1) is 4.34. The molecule has 2 nitrogen and oxygen atoms in total. The lowest BCUT2D eigenvalue weighted by molar-refractivity contribution is -0.114. The zero-order chi connectivity index (χ0) is 6.43. The lowest BCUT2D eigenvalue weighted by Crippen LogP contribution is -2.14. The second-order valence-electron chi connectivity index (χ2n) is 3.04. The first-order valence-corrected chi connectivity index (χ1v) is 3.49. The maximum absolute atomic E-state index is 5.31. The molecule has 52 valence electrons. The summed E-state index contributed by atoms with van der Waals surface area (Å²) in [5.41, 5.74) is 0. The molecule has 1 unspecified atom stereocenters. The number of ether oxygens (including phenoxy) is 2. The first kappa shape index (κ1) is 5.69. The molecule has 0 bridgehead atoms. The summed E-state index contributed by atoms with van der Waals surface area (Å²) < 4.78 is 10.4. The highest BCUT2D eigenvalue weighted by molar-refractivity contribution is 4.99. The molecule has 9 heavy (non-hydrogen) atoms. The SMILES string of the molecule is COC1OC[C@@H]2[C@H](C)[C@H]12. The Morgan fingerprint density at radius 3 is 2.67 bits per heavy atom. The number of hydrogen-bond acceptors (Lipinski definition) is 2. The maximum atomic E-state index is 5.31. The Balaban J connectivity index is 1.99. The smallest absolute Gasteiger partial charge is 0.160 e. The van der Waals surface area contributed by atoms with Crippen molar-refractivity contribution in [2.24, 2.45) is 17.8 Å². The van der Waals surface area contributed by atoms with Gasteiger partial charge in [0, 0.05) is 13.0 Å². The van der Waals surface area contributed by atoms with E-state index in [2.05, 4.69) is 6.92 Å². The molecule has 1 saturated carbocycles. The number of methoxy groups -OCH3 is 1. The van der Waals surface area contributed by atoms with E-state index in [-0.39, 0.29) is 6.29 Å². The van der Waals surface area contributed by atoms with Crippen LogP contribution in [0.5, 0.6) is 0 Å². The summed E-state index contributed by atoms with van der Waals surface area (Å²) in [6.45, 7) is 3.19.